The van der Waals surface area contributed by atoms with E-state index in [4.69, 9.17) is 23.2 Å². The maximum absolute atomic E-state index is 10.5. The van der Waals surface area contributed by atoms with E-state index in [1.165, 1.54) is 0 Å². The number of pyridine rings is 1. The summed E-state index contributed by atoms with van der Waals surface area (Å²) >= 11 is 12.1. The van der Waals surface area contributed by atoms with Gasteiger partial charge in [0, 0.05) is 32.2 Å². The van der Waals surface area contributed by atoms with Gasteiger partial charge in [-0.15, -0.1) is 0 Å². The van der Waals surface area contributed by atoms with E-state index in [2.05, 4.69) is 14.9 Å². The van der Waals surface area contributed by atoms with Crippen molar-refractivity contribution < 1.29 is 5.11 Å². The molecule has 0 bridgehead atoms. The third-order valence-corrected chi connectivity index (χ3v) is 4.99. The number of imidazole rings is 1. The Kier molecular flexibility index (Phi) is 5.21. The molecule has 0 aromatic carbocycles. The molecule has 1 atom stereocenters. The second kappa shape index (κ2) is 7.18. The smallest absolute Gasteiger partial charge is 0.137 e. The summed E-state index contributed by atoms with van der Waals surface area (Å²) in [7, 11) is 1.91. The summed E-state index contributed by atoms with van der Waals surface area (Å²) in [5.74, 6) is 0.979. The number of aryl methyl sites for hydroxylation is 1. The SMILES string of the molecule is Cn1ccnc1C(O)C1CCN(Cc2ncc(Cl)cc2Cl)CC1. The predicted molar refractivity (Wildman–Crippen MR) is 90.4 cm³/mol. The van der Waals surface area contributed by atoms with E-state index in [0.29, 0.717) is 16.6 Å². The fourth-order valence-corrected chi connectivity index (χ4v) is 3.51. The Morgan fingerprint density at radius 3 is 2.65 bits per heavy atom. The van der Waals surface area contributed by atoms with Gasteiger partial charge in [-0.05, 0) is 37.9 Å². The minimum absolute atomic E-state index is 0.237. The zero-order valence-corrected chi connectivity index (χ0v) is 14.5. The lowest BCUT2D eigenvalue weighted by Gasteiger charge is -2.33. The zero-order valence-electron chi connectivity index (χ0n) is 13.0. The van der Waals surface area contributed by atoms with E-state index >= 15 is 0 Å². The third kappa shape index (κ3) is 3.86. The minimum atomic E-state index is -0.505. The molecule has 1 saturated heterocycles. The molecule has 1 fully saturated rings. The third-order valence-electron chi connectivity index (χ3n) is 4.46. The van der Waals surface area contributed by atoms with Gasteiger partial charge in [0.05, 0.1) is 15.7 Å². The Hall–Kier alpha value is -1.14. The van der Waals surface area contributed by atoms with Crippen LogP contribution in [0.3, 0.4) is 0 Å². The van der Waals surface area contributed by atoms with Crippen molar-refractivity contribution >= 4 is 23.2 Å². The van der Waals surface area contributed by atoms with Gasteiger partial charge in [0.25, 0.3) is 0 Å². The molecule has 1 unspecified atom stereocenters. The van der Waals surface area contributed by atoms with Crippen molar-refractivity contribution in [3.8, 4) is 0 Å². The van der Waals surface area contributed by atoms with Crippen molar-refractivity contribution in [1.82, 2.24) is 19.4 Å². The van der Waals surface area contributed by atoms with E-state index in [-0.39, 0.29) is 5.92 Å². The van der Waals surface area contributed by atoms with Gasteiger partial charge in [0.2, 0.25) is 0 Å². The van der Waals surface area contributed by atoms with E-state index in [9.17, 15) is 5.11 Å². The molecule has 0 amide bonds. The first-order valence-corrected chi connectivity index (χ1v) is 8.47. The summed E-state index contributed by atoms with van der Waals surface area (Å²) < 4.78 is 1.88. The Bertz CT molecular complexity index is 668. The number of rotatable bonds is 4. The summed E-state index contributed by atoms with van der Waals surface area (Å²) in [6.07, 6.45) is 6.57. The highest BCUT2D eigenvalue weighted by Gasteiger charge is 2.28. The molecule has 1 aliphatic heterocycles. The van der Waals surface area contributed by atoms with Gasteiger partial charge in [-0.3, -0.25) is 9.88 Å². The molecule has 5 nitrogen and oxygen atoms in total. The molecule has 0 spiro atoms. The fraction of sp³-hybridized carbons (Fsp3) is 0.500. The van der Waals surface area contributed by atoms with Gasteiger partial charge in [0.1, 0.15) is 11.9 Å². The van der Waals surface area contributed by atoms with Crippen LogP contribution < -0.4 is 0 Å². The molecule has 7 heteroatoms. The normalized spacial score (nSPS) is 18.3. The number of nitrogens with zero attached hydrogens (tertiary/aromatic N) is 4. The molecule has 3 rings (SSSR count). The van der Waals surface area contributed by atoms with Crippen LogP contribution in [0.25, 0.3) is 0 Å². The molecule has 0 aliphatic carbocycles. The molecule has 124 valence electrons. The monoisotopic (exact) mass is 354 g/mol. The second-order valence-electron chi connectivity index (χ2n) is 6.04. The van der Waals surface area contributed by atoms with Crippen molar-refractivity contribution in [2.75, 3.05) is 13.1 Å². The highest BCUT2D eigenvalue weighted by molar-refractivity contribution is 6.34. The van der Waals surface area contributed by atoms with Gasteiger partial charge in [0.15, 0.2) is 0 Å². The summed E-state index contributed by atoms with van der Waals surface area (Å²) in [4.78, 5) is 10.9. The van der Waals surface area contributed by atoms with E-state index < -0.39 is 6.10 Å². The molecule has 3 heterocycles. The van der Waals surface area contributed by atoms with Crippen LogP contribution in [-0.2, 0) is 13.6 Å². The first kappa shape index (κ1) is 16.7. The second-order valence-corrected chi connectivity index (χ2v) is 6.88. The number of aliphatic hydroxyl groups is 1. The van der Waals surface area contributed by atoms with Gasteiger partial charge in [-0.25, -0.2) is 4.98 Å². The topological polar surface area (TPSA) is 54.2 Å². The number of halogens is 2. The first-order chi connectivity index (χ1) is 11.0. The van der Waals surface area contributed by atoms with Crippen LogP contribution in [0, 0.1) is 5.92 Å². The van der Waals surface area contributed by atoms with Crippen molar-refractivity contribution in [3.63, 3.8) is 0 Å². The predicted octanol–water partition coefficient (Wildman–Crippen LogP) is 3.07. The van der Waals surface area contributed by atoms with Crippen LogP contribution >= 0.6 is 23.2 Å². The molecular formula is C16H20Cl2N4O. The molecule has 23 heavy (non-hydrogen) atoms. The zero-order chi connectivity index (χ0) is 16.4. The summed E-state index contributed by atoms with van der Waals surface area (Å²) in [6.45, 7) is 2.53. The van der Waals surface area contributed by atoms with Crippen LogP contribution in [0.1, 0.15) is 30.5 Å². The molecule has 1 N–H and O–H groups in total. The number of aromatic nitrogens is 3. The van der Waals surface area contributed by atoms with Crippen molar-refractivity contribution in [2.45, 2.75) is 25.5 Å². The van der Waals surface area contributed by atoms with Gasteiger partial charge < -0.3 is 9.67 Å². The average molecular weight is 355 g/mol. The lowest BCUT2D eigenvalue weighted by Crippen LogP contribution is -2.36. The Morgan fingerprint density at radius 2 is 2.04 bits per heavy atom. The van der Waals surface area contributed by atoms with Gasteiger partial charge in [-0.1, -0.05) is 23.2 Å². The Labute approximate surface area is 145 Å². The van der Waals surface area contributed by atoms with Crippen molar-refractivity contribution in [3.05, 3.63) is 46.2 Å². The quantitative estimate of drug-likeness (QED) is 0.916. The van der Waals surface area contributed by atoms with E-state index in [1.54, 1.807) is 18.5 Å². The van der Waals surface area contributed by atoms with Gasteiger partial charge >= 0.3 is 0 Å². The Morgan fingerprint density at radius 1 is 1.30 bits per heavy atom. The highest BCUT2D eigenvalue weighted by Crippen LogP contribution is 2.30. The highest BCUT2D eigenvalue weighted by atomic mass is 35.5. The number of likely N-dealkylation sites (tertiary alicyclic amines) is 1. The van der Waals surface area contributed by atoms with E-state index in [1.807, 2.05) is 17.8 Å². The maximum Gasteiger partial charge on any atom is 0.137 e. The summed E-state index contributed by atoms with van der Waals surface area (Å²) in [5, 5.41) is 11.7. The van der Waals surface area contributed by atoms with Crippen LogP contribution in [0.2, 0.25) is 10.0 Å². The molecule has 1 aliphatic rings. The van der Waals surface area contributed by atoms with E-state index in [0.717, 1.165) is 37.4 Å². The number of hydrogen-bond acceptors (Lipinski definition) is 4. The van der Waals surface area contributed by atoms with Gasteiger partial charge in [-0.2, -0.15) is 0 Å². The maximum atomic E-state index is 10.5. The lowest BCUT2D eigenvalue weighted by molar-refractivity contribution is 0.0489. The average Bonchev–Trinajstić information content (AvgIpc) is 2.96. The number of hydrogen-bond donors (Lipinski definition) is 1. The van der Waals surface area contributed by atoms with Crippen LogP contribution in [0.15, 0.2) is 24.7 Å². The molecule has 0 saturated carbocycles. The summed E-state index contributed by atoms with van der Waals surface area (Å²) in [6, 6.07) is 1.73. The molecule has 2 aromatic rings. The lowest BCUT2D eigenvalue weighted by atomic mass is 9.90. The Balaban J connectivity index is 1.57. The number of piperidine rings is 1. The minimum Gasteiger partial charge on any atom is -0.385 e. The largest absolute Gasteiger partial charge is 0.385 e. The summed E-state index contributed by atoms with van der Waals surface area (Å²) in [5.41, 5.74) is 0.846. The van der Waals surface area contributed by atoms with Crippen LogP contribution in [-0.4, -0.2) is 37.6 Å². The first-order valence-electron chi connectivity index (χ1n) is 7.72. The molecular weight excluding hydrogens is 335 g/mol. The van der Waals surface area contributed by atoms with Crippen LogP contribution in [0.4, 0.5) is 0 Å². The fourth-order valence-electron chi connectivity index (χ4n) is 3.07. The molecule has 0 radical (unpaired) electrons. The number of aliphatic hydroxyl groups excluding tert-OH is 1. The standard InChI is InChI=1S/C16H20Cl2N4O/c1-21-7-4-19-16(21)15(23)11-2-5-22(6-3-11)10-14-13(18)8-12(17)9-20-14/h4,7-9,11,15,23H,2-3,5-6,10H2,1H3. The van der Waals surface area contributed by atoms with Crippen molar-refractivity contribution in [2.24, 2.45) is 13.0 Å². The molecule has 2 aromatic heterocycles. The van der Waals surface area contributed by atoms with Crippen molar-refractivity contribution in [1.29, 1.82) is 0 Å². The van der Waals surface area contributed by atoms with Crippen LogP contribution in [0.5, 0.6) is 0 Å².